The van der Waals surface area contributed by atoms with E-state index in [1.807, 2.05) is 7.05 Å². The smallest absolute Gasteiger partial charge is 0.123 e. The lowest BCUT2D eigenvalue weighted by atomic mass is 9.79. The molecule has 0 radical (unpaired) electrons. The second-order valence-corrected chi connectivity index (χ2v) is 4.95. The lowest BCUT2D eigenvalue weighted by Gasteiger charge is -2.30. The molecule has 16 heavy (non-hydrogen) atoms. The molecule has 1 fully saturated rings. The summed E-state index contributed by atoms with van der Waals surface area (Å²) in [5.74, 6) is 0.560. The topological polar surface area (TPSA) is 12.0 Å². The molecule has 1 aromatic rings. The van der Waals surface area contributed by atoms with Crippen molar-refractivity contribution in [3.05, 3.63) is 34.6 Å². The van der Waals surface area contributed by atoms with E-state index in [9.17, 15) is 4.39 Å². The second-order valence-electron chi connectivity index (χ2n) is 4.54. The molecule has 2 rings (SSSR count). The van der Waals surface area contributed by atoms with E-state index in [0.717, 1.165) is 17.9 Å². The summed E-state index contributed by atoms with van der Waals surface area (Å²) < 4.78 is 13.2. The van der Waals surface area contributed by atoms with Crippen molar-refractivity contribution in [3.8, 4) is 0 Å². The van der Waals surface area contributed by atoms with Crippen molar-refractivity contribution in [2.75, 3.05) is 7.05 Å². The van der Waals surface area contributed by atoms with Gasteiger partial charge in [0, 0.05) is 11.1 Å². The number of rotatable bonds is 4. The molecule has 1 aromatic carbocycles. The van der Waals surface area contributed by atoms with Crippen LogP contribution in [0.3, 0.4) is 0 Å². The van der Waals surface area contributed by atoms with Crippen LogP contribution in [0.2, 0.25) is 5.02 Å². The minimum atomic E-state index is -0.215. The van der Waals surface area contributed by atoms with Gasteiger partial charge >= 0.3 is 0 Å². The maximum absolute atomic E-state index is 13.2. The molecule has 0 amide bonds. The molecule has 1 N–H and O–H groups in total. The van der Waals surface area contributed by atoms with Gasteiger partial charge < -0.3 is 5.32 Å². The first kappa shape index (κ1) is 11.9. The van der Waals surface area contributed by atoms with Gasteiger partial charge in [0.2, 0.25) is 0 Å². The lowest BCUT2D eigenvalue weighted by Crippen LogP contribution is -2.23. The van der Waals surface area contributed by atoms with Crippen LogP contribution >= 0.6 is 11.6 Å². The Morgan fingerprint density at radius 2 is 2.25 bits per heavy atom. The first-order chi connectivity index (χ1) is 7.70. The van der Waals surface area contributed by atoms with E-state index < -0.39 is 0 Å². The fourth-order valence-electron chi connectivity index (χ4n) is 2.24. The van der Waals surface area contributed by atoms with Gasteiger partial charge in [0.1, 0.15) is 5.82 Å². The van der Waals surface area contributed by atoms with E-state index in [2.05, 4.69) is 5.32 Å². The van der Waals surface area contributed by atoms with Crippen LogP contribution in [0, 0.1) is 11.7 Å². The number of hydrogen-bond donors (Lipinski definition) is 1. The third-order valence-electron chi connectivity index (χ3n) is 3.48. The van der Waals surface area contributed by atoms with Crippen molar-refractivity contribution >= 4 is 11.6 Å². The molecule has 1 nitrogen and oxygen atoms in total. The molecule has 0 bridgehead atoms. The average Bonchev–Trinajstić information content (AvgIpc) is 2.21. The summed E-state index contributed by atoms with van der Waals surface area (Å²) in [6.45, 7) is 0. The summed E-state index contributed by atoms with van der Waals surface area (Å²) in [5, 5.41) is 3.89. The monoisotopic (exact) mass is 241 g/mol. The van der Waals surface area contributed by atoms with E-state index in [4.69, 9.17) is 11.6 Å². The molecule has 0 aliphatic heterocycles. The first-order valence-electron chi connectivity index (χ1n) is 5.83. The largest absolute Gasteiger partial charge is 0.313 e. The predicted molar refractivity (Wildman–Crippen MR) is 65.2 cm³/mol. The Morgan fingerprint density at radius 1 is 1.50 bits per heavy atom. The molecule has 1 atom stereocenters. The summed E-state index contributed by atoms with van der Waals surface area (Å²) in [5.41, 5.74) is 0.885. The zero-order valence-electron chi connectivity index (χ0n) is 9.47. The van der Waals surface area contributed by atoms with Crippen LogP contribution in [0.15, 0.2) is 18.2 Å². The molecule has 3 heteroatoms. The third-order valence-corrected chi connectivity index (χ3v) is 3.82. The maximum atomic E-state index is 13.2. The van der Waals surface area contributed by atoms with Crippen LogP contribution in [0.25, 0.3) is 0 Å². The van der Waals surface area contributed by atoms with Crippen LogP contribution in [-0.4, -0.2) is 7.05 Å². The van der Waals surface area contributed by atoms with Gasteiger partial charge in [-0.15, -0.1) is 0 Å². The highest BCUT2D eigenvalue weighted by Crippen LogP contribution is 2.36. The zero-order chi connectivity index (χ0) is 11.5. The Morgan fingerprint density at radius 3 is 2.81 bits per heavy atom. The molecular weight excluding hydrogens is 225 g/mol. The van der Waals surface area contributed by atoms with E-state index in [-0.39, 0.29) is 11.9 Å². The quantitative estimate of drug-likeness (QED) is 0.842. The van der Waals surface area contributed by atoms with Crippen molar-refractivity contribution in [2.24, 2.45) is 5.92 Å². The lowest BCUT2D eigenvalue weighted by molar-refractivity contribution is 0.265. The van der Waals surface area contributed by atoms with E-state index in [1.54, 1.807) is 12.1 Å². The summed E-state index contributed by atoms with van der Waals surface area (Å²) in [6, 6.07) is 4.76. The molecule has 0 aromatic heterocycles. The molecule has 1 aliphatic rings. The first-order valence-corrected chi connectivity index (χ1v) is 6.20. The maximum Gasteiger partial charge on any atom is 0.123 e. The Kier molecular flexibility index (Phi) is 3.82. The Labute approximate surface area is 101 Å². The summed E-state index contributed by atoms with van der Waals surface area (Å²) in [4.78, 5) is 0. The summed E-state index contributed by atoms with van der Waals surface area (Å²) in [7, 11) is 1.91. The molecule has 1 unspecified atom stereocenters. The normalized spacial score (nSPS) is 18.2. The molecule has 88 valence electrons. The van der Waals surface area contributed by atoms with Crippen molar-refractivity contribution < 1.29 is 4.39 Å². The fourth-order valence-corrected chi connectivity index (χ4v) is 2.49. The van der Waals surface area contributed by atoms with Crippen LogP contribution < -0.4 is 5.32 Å². The van der Waals surface area contributed by atoms with Gasteiger partial charge in [0.15, 0.2) is 0 Å². The van der Waals surface area contributed by atoms with Gasteiger partial charge in [-0.05, 0) is 43.1 Å². The van der Waals surface area contributed by atoms with Gasteiger partial charge in [0.25, 0.3) is 0 Å². The highest BCUT2D eigenvalue weighted by atomic mass is 35.5. The SMILES string of the molecule is CNC(CC1CCC1)c1cc(F)ccc1Cl. The van der Waals surface area contributed by atoms with Crippen molar-refractivity contribution in [3.63, 3.8) is 0 Å². The third kappa shape index (κ3) is 2.55. The number of benzene rings is 1. The standard InChI is InChI=1S/C13H17ClFN/c1-16-13(7-9-3-2-4-9)11-8-10(15)5-6-12(11)14/h5-6,8-9,13,16H,2-4,7H2,1H3. The van der Waals surface area contributed by atoms with Gasteiger partial charge in [-0.25, -0.2) is 4.39 Å². The molecule has 1 aliphatic carbocycles. The second kappa shape index (κ2) is 5.15. The van der Waals surface area contributed by atoms with Gasteiger partial charge in [-0.1, -0.05) is 30.9 Å². The van der Waals surface area contributed by atoms with Crippen LogP contribution in [0.5, 0.6) is 0 Å². The van der Waals surface area contributed by atoms with Gasteiger partial charge in [0.05, 0.1) is 0 Å². The van der Waals surface area contributed by atoms with Crippen molar-refractivity contribution in [1.82, 2.24) is 5.32 Å². The van der Waals surface area contributed by atoms with E-state index >= 15 is 0 Å². The number of hydrogen-bond acceptors (Lipinski definition) is 1. The summed E-state index contributed by atoms with van der Waals surface area (Å²) >= 11 is 6.11. The number of halogens is 2. The van der Waals surface area contributed by atoms with Crippen LogP contribution in [0.1, 0.15) is 37.3 Å². The Bertz CT molecular complexity index is 363. The summed E-state index contributed by atoms with van der Waals surface area (Å²) in [6.07, 6.45) is 4.98. The zero-order valence-corrected chi connectivity index (χ0v) is 10.2. The van der Waals surface area contributed by atoms with Crippen LogP contribution in [0.4, 0.5) is 4.39 Å². The molecular formula is C13H17ClFN. The fraction of sp³-hybridized carbons (Fsp3) is 0.538. The molecule has 1 saturated carbocycles. The van der Waals surface area contributed by atoms with Crippen molar-refractivity contribution in [2.45, 2.75) is 31.7 Å². The molecule has 0 saturated heterocycles. The Hall–Kier alpha value is -0.600. The molecule has 0 heterocycles. The van der Waals surface area contributed by atoms with E-state index in [1.165, 1.54) is 25.3 Å². The minimum absolute atomic E-state index is 0.175. The molecule has 0 spiro atoms. The van der Waals surface area contributed by atoms with E-state index in [0.29, 0.717) is 5.02 Å². The number of nitrogens with one attached hydrogen (secondary N) is 1. The highest BCUT2D eigenvalue weighted by Gasteiger charge is 2.23. The Balaban J connectivity index is 2.14. The minimum Gasteiger partial charge on any atom is -0.313 e. The highest BCUT2D eigenvalue weighted by molar-refractivity contribution is 6.31. The van der Waals surface area contributed by atoms with Crippen LogP contribution in [-0.2, 0) is 0 Å². The van der Waals surface area contributed by atoms with Gasteiger partial charge in [-0.2, -0.15) is 0 Å². The average molecular weight is 242 g/mol. The van der Waals surface area contributed by atoms with Gasteiger partial charge in [-0.3, -0.25) is 0 Å². The van der Waals surface area contributed by atoms with Crippen molar-refractivity contribution in [1.29, 1.82) is 0 Å². The predicted octanol–water partition coefficient (Wildman–Crippen LogP) is 3.93.